The average molecular weight is 621 g/mol. The Balaban J connectivity index is 1.49. The second kappa shape index (κ2) is 12.6. The molecule has 7 nitrogen and oxygen atoms in total. The summed E-state index contributed by atoms with van der Waals surface area (Å²) in [5.74, 6) is 0.593. The van der Waals surface area contributed by atoms with Gasteiger partial charge in [-0.3, -0.25) is 19.3 Å². The molecule has 0 spiro atoms. The molecule has 2 aromatic rings. The lowest BCUT2D eigenvalue weighted by atomic mass is 10.1. The lowest BCUT2D eigenvalue weighted by Gasteiger charge is -2.22. The minimum absolute atomic E-state index is 0.173. The molecule has 2 aromatic carbocycles. The maximum absolute atomic E-state index is 13.0. The van der Waals surface area contributed by atoms with Crippen molar-refractivity contribution in [1.82, 2.24) is 9.80 Å². The Hall–Kier alpha value is -2.53. The molecule has 0 radical (unpaired) electrons. The molecule has 2 aliphatic heterocycles. The van der Waals surface area contributed by atoms with Gasteiger partial charge in [-0.15, -0.1) is 0 Å². The Morgan fingerprint density at radius 3 is 2.47 bits per heavy atom. The molecule has 190 valence electrons. The second-order valence-electron chi connectivity index (χ2n) is 8.60. The Bertz CT molecular complexity index is 1150. The predicted molar refractivity (Wildman–Crippen MR) is 149 cm³/mol. The number of thioether (sulfide) groups is 1. The highest BCUT2D eigenvalue weighted by atomic mass is 127. The molecule has 0 aromatic heterocycles. The number of imide groups is 1. The third-order valence-corrected chi connectivity index (χ3v) is 7.69. The van der Waals surface area contributed by atoms with E-state index in [1.807, 2.05) is 49.4 Å². The summed E-state index contributed by atoms with van der Waals surface area (Å²) in [6, 6.07) is 13.6. The van der Waals surface area contributed by atoms with Crippen LogP contribution in [-0.4, -0.2) is 53.1 Å². The van der Waals surface area contributed by atoms with E-state index < -0.39 is 11.1 Å². The number of ether oxygens (including phenoxy) is 2. The third-order valence-electron chi connectivity index (χ3n) is 5.98. The van der Waals surface area contributed by atoms with Crippen LogP contribution < -0.4 is 9.47 Å². The van der Waals surface area contributed by atoms with E-state index in [0.29, 0.717) is 42.7 Å². The van der Waals surface area contributed by atoms with Crippen molar-refractivity contribution in [1.29, 1.82) is 0 Å². The number of amides is 3. The molecule has 4 rings (SSSR count). The summed E-state index contributed by atoms with van der Waals surface area (Å²) >= 11 is 3.04. The van der Waals surface area contributed by atoms with Gasteiger partial charge in [0, 0.05) is 13.1 Å². The zero-order valence-electron chi connectivity index (χ0n) is 20.2. The van der Waals surface area contributed by atoms with Crippen molar-refractivity contribution < 1.29 is 23.9 Å². The number of carbonyl (C=O) groups excluding carboxylic acids is 3. The third kappa shape index (κ3) is 6.61. The van der Waals surface area contributed by atoms with Crippen molar-refractivity contribution >= 4 is 57.5 Å². The Kier molecular flexibility index (Phi) is 9.30. The van der Waals surface area contributed by atoms with Crippen molar-refractivity contribution in [3.63, 3.8) is 0 Å². The quantitative estimate of drug-likeness (QED) is 0.278. The fourth-order valence-corrected chi connectivity index (χ4v) is 5.77. The number of likely N-dealkylation sites (tertiary alicyclic amines) is 1. The number of benzene rings is 2. The normalized spacial score (nSPS) is 17.4. The van der Waals surface area contributed by atoms with Crippen LogP contribution in [0.2, 0.25) is 0 Å². The van der Waals surface area contributed by atoms with E-state index in [9.17, 15) is 14.4 Å². The Morgan fingerprint density at radius 1 is 1.06 bits per heavy atom. The van der Waals surface area contributed by atoms with Gasteiger partial charge >= 0.3 is 0 Å². The zero-order valence-corrected chi connectivity index (χ0v) is 23.2. The minimum Gasteiger partial charge on any atom is -0.490 e. The van der Waals surface area contributed by atoms with Gasteiger partial charge in [-0.1, -0.05) is 43.2 Å². The molecule has 0 bridgehead atoms. The van der Waals surface area contributed by atoms with Gasteiger partial charge in [-0.25, -0.2) is 0 Å². The number of halogens is 1. The summed E-state index contributed by atoms with van der Waals surface area (Å²) in [6.45, 7) is 3.91. The first-order valence-corrected chi connectivity index (χ1v) is 14.0. The molecule has 0 atom stereocenters. The fraction of sp³-hybridized carbons (Fsp3) is 0.370. The Morgan fingerprint density at radius 2 is 1.78 bits per heavy atom. The maximum Gasteiger partial charge on any atom is 0.294 e. The van der Waals surface area contributed by atoms with Gasteiger partial charge in [0.2, 0.25) is 5.91 Å². The number of nitrogens with zero attached hydrogens (tertiary/aromatic N) is 2. The van der Waals surface area contributed by atoms with Crippen LogP contribution >= 0.6 is 34.4 Å². The van der Waals surface area contributed by atoms with E-state index in [1.165, 1.54) is 0 Å². The first-order valence-electron chi connectivity index (χ1n) is 12.1. The predicted octanol–water partition coefficient (Wildman–Crippen LogP) is 5.71. The highest BCUT2D eigenvalue weighted by molar-refractivity contribution is 14.1. The topological polar surface area (TPSA) is 76.2 Å². The van der Waals surface area contributed by atoms with E-state index in [-0.39, 0.29) is 12.5 Å². The van der Waals surface area contributed by atoms with Gasteiger partial charge in [-0.05, 0) is 83.5 Å². The summed E-state index contributed by atoms with van der Waals surface area (Å²) in [6.07, 6.45) is 5.80. The maximum atomic E-state index is 13.0. The van der Waals surface area contributed by atoms with Crippen LogP contribution in [0, 0.1) is 3.57 Å². The Labute approximate surface area is 229 Å². The van der Waals surface area contributed by atoms with Crippen LogP contribution in [0.5, 0.6) is 11.5 Å². The van der Waals surface area contributed by atoms with E-state index in [2.05, 4.69) is 22.6 Å². The zero-order chi connectivity index (χ0) is 25.5. The lowest BCUT2D eigenvalue weighted by molar-refractivity contribution is -0.135. The molecule has 2 heterocycles. The average Bonchev–Trinajstić information content (AvgIpc) is 3.05. The van der Waals surface area contributed by atoms with Crippen LogP contribution in [0.1, 0.15) is 43.7 Å². The van der Waals surface area contributed by atoms with Gasteiger partial charge in [0.05, 0.1) is 15.1 Å². The molecule has 36 heavy (non-hydrogen) atoms. The molecule has 0 aliphatic carbocycles. The van der Waals surface area contributed by atoms with Crippen molar-refractivity contribution in [2.24, 2.45) is 0 Å². The van der Waals surface area contributed by atoms with Crippen LogP contribution in [0.4, 0.5) is 4.79 Å². The second-order valence-corrected chi connectivity index (χ2v) is 10.8. The molecule has 0 saturated carbocycles. The highest BCUT2D eigenvalue weighted by Crippen LogP contribution is 2.38. The molecular weight excluding hydrogens is 591 g/mol. The highest BCUT2D eigenvalue weighted by Gasteiger charge is 2.37. The number of carbonyl (C=O) groups is 3. The molecule has 3 amide bonds. The van der Waals surface area contributed by atoms with Gasteiger partial charge in [0.15, 0.2) is 11.5 Å². The minimum atomic E-state index is -0.439. The smallest absolute Gasteiger partial charge is 0.294 e. The van der Waals surface area contributed by atoms with Crippen LogP contribution in [0.25, 0.3) is 6.08 Å². The fourth-order valence-electron chi connectivity index (χ4n) is 4.15. The number of hydrogen-bond acceptors (Lipinski definition) is 6. The van der Waals surface area contributed by atoms with Crippen molar-refractivity contribution in [3.8, 4) is 11.5 Å². The van der Waals surface area contributed by atoms with Crippen molar-refractivity contribution in [2.45, 2.75) is 39.2 Å². The van der Waals surface area contributed by atoms with Gasteiger partial charge in [0.25, 0.3) is 11.1 Å². The van der Waals surface area contributed by atoms with Crippen molar-refractivity contribution in [2.75, 3.05) is 26.2 Å². The standard InChI is InChI=1S/C27H29IN2O5S/c1-2-34-22-15-20(14-21(28)25(22)35-18-19-10-6-5-7-11-19)16-23-26(32)30(27(33)36-23)17-24(31)29-12-8-3-4-9-13-29/h5-7,10-11,14-16H,2-4,8-9,12-13,17-18H2,1H3. The van der Waals surface area contributed by atoms with E-state index in [1.54, 1.807) is 11.0 Å². The first-order chi connectivity index (χ1) is 17.5. The molecule has 9 heteroatoms. The van der Waals surface area contributed by atoms with Crippen LogP contribution in [0.3, 0.4) is 0 Å². The van der Waals surface area contributed by atoms with E-state index >= 15 is 0 Å². The molecular formula is C27H29IN2O5S. The van der Waals surface area contributed by atoms with Crippen molar-refractivity contribution in [3.05, 3.63) is 62.1 Å². The lowest BCUT2D eigenvalue weighted by Crippen LogP contribution is -2.42. The van der Waals surface area contributed by atoms with Gasteiger partial charge < -0.3 is 14.4 Å². The molecule has 2 aliphatic rings. The summed E-state index contributed by atoms with van der Waals surface area (Å²) < 4.78 is 12.7. The monoisotopic (exact) mass is 620 g/mol. The summed E-state index contributed by atoms with van der Waals surface area (Å²) in [4.78, 5) is 41.5. The van der Waals surface area contributed by atoms with E-state index in [4.69, 9.17) is 9.47 Å². The molecule has 0 unspecified atom stereocenters. The van der Waals surface area contributed by atoms with E-state index in [0.717, 1.165) is 57.0 Å². The van der Waals surface area contributed by atoms with Gasteiger partial charge in [0.1, 0.15) is 13.2 Å². The number of hydrogen-bond donors (Lipinski definition) is 0. The summed E-state index contributed by atoms with van der Waals surface area (Å²) in [5, 5.41) is -0.419. The largest absolute Gasteiger partial charge is 0.490 e. The first kappa shape index (κ1) is 26.5. The summed E-state index contributed by atoms with van der Waals surface area (Å²) in [7, 11) is 0. The molecule has 0 N–H and O–H groups in total. The summed E-state index contributed by atoms with van der Waals surface area (Å²) in [5.41, 5.74) is 1.77. The van der Waals surface area contributed by atoms with Gasteiger partial charge in [-0.2, -0.15) is 0 Å². The molecule has 2 saturated heterocycles. The number of rotatable bonds is 8. The SMILES string of the molecule is CCOc1cc(C=C2SC(=O)N(CC(=O)N3CCCCCC3)C2=O)cc(I)c1OCc1ccccc1. The van der Waals surface area contributed by atoms with Crippen LogP contribution in [-0.2, 0) is 16.2 Å². The molecule has 2 fully saturated rings. The van der Waals surface area contributed by atoms with Crippen LogP contribution in [0.15, 0.2) is 47.4 Å².